The highest BCUT2D eigenvalue weighted by Gasteiger charge is 2.24. The van der Waals surface area contributed by atoms with Crippen molar-refractivity contribution < 1.29 is 22.9 Å². The molecular formula is C36H55NO5S. The van der Waals surface area contributed by atoms with E-state index in [0.717, 1.165) is 57.8 Å². The molecule has 43 heavy (non-hydrogen) atoms. The van der Waals surface area contributed by atoms with Crippen molar-refractivity contribution >= 4 is 16.0 Å². The number of hydrogen-bond donors (Lipinski definition) is 3. The van der Waals surface area contributed by atoms with E-state index in [1.165, 1.54) is 6.08 Å². The fourth-order valence-electron chi connectivity index (χ4n) is 3.74. The van der Waals surface area contributed by atoms with Crippen molar-refractivity contribution in [2.24, 2.45) is 0 Å². The van der Waals surface area contributed by atoms with Crippen molar-refractivity contribution in [1.29, 1.82) is 0 Å². The molecule has 0 fully saturated rings. The minimum Gasteiger partial charge on any atom is -0.387 e. The molecule has 0 aromatic carbocycles. The van der Waals surface area contributed by atoms with Gasteiger partial charge in [-0.3, -0.25) is 9.35 Å². The van der Waals surface area contributed by atoms with Crippen LogP contribution >= 0.6 is 0 Å². The Morgan fingerprint density at radius 3 is 1.53 bits per heavy atom. The molecule has 0 aliphatic heterocycles. The third kappa shape index (κ3) is 30.3. The molecule has 0 bridgehead atoms. The average molecular weight is 614 g/mol. The molecule has 0 saturated heterocycles. The highest BCUT2D eigenvalue weighted by molar-refractivity contribution is 7.85. The van der Waals surface area contributed by atoms with Gasteiger partial charge in [-0.25, -0.2) is 0 Å². The first-order valence-corrected chi connectivity index (χ1v) is 17.2. The van der Waals surface area contributed by atoms with Gasteiger partial charge in [0.15, 0.2) is 0 Å². The van der Waals surface area contributed by atoms with Gasteiger partial charge in [0.1, 0.15) is 0 Å². The number of hydrogen-bond acceptors (Lipinski definition) is 4. The molecule has 2 atom stereocenters. The Labute approximate surface area is 261 Å². The lowest BCUT2D eigenvalue weighted by Crippen LogP contribution is -2.46. The molecule has 240 valence electrons. The van der Waals surface area contributed by atoms with Crippen molar-refractivity contribution in [3.63, 3.8) is 0 Å². The van der Waals surface area contributed by atoms with E-state index in [9.17, 15) is 22.9 Å². The number of carbonyl (C=O) groups excluding carboxylic acids is 1. The van der Waals surface area contributed by atoms with Gasteiger partial charge in [0.2, 0.25) is 5.91 Å². The molecule has 1 amide bonds. The van der Waals surface area contributed by atoms with E-state index in [1.54, 1.807) is 6.08 Å². The largest absolute Gasteiger partial charge is 0.387 e. The first-order chi connectivity index (χ1) is 20.8. The molecule has 0 rings (SSSR count). The van der Waals surface area contributed by atoms with E-state index in [-0.39, 0.29) is 12.3 Å². The van der Waals surface area contributed by atoms with Gasteiger partial charge in [-0.15, -0.1) is 0 Å². The summed E-state index contributed by atoms with van der Waals surface area (Å²) in [5.74, 6) is -1.14. The number of amides is 1. The van der Waals surface area contributed by atoms with Crippen molar-refractivity contribution in [1.82, 2.24) is 5.32 Å². The number of aliphatic hydroxyl groups is 1. The zero-order chi connectivity index (χ0) is 31.9. The second-order valence-corrected chi connectivity index (χ2v) is 11.5. The zero-order valence-corrected chi connectivity index (χ0v) is 27.1. The fraction of sp³-hybridized carbons (Fsp3) is 0.472. The highest BCUT2D eigenvalue weighted by Crippen LogP contribution is 2.05. The molecule has 0 spiro atoms. The molecule has 0 aliphatic rings. The predicted octanol–water partition coefficient (Wildman–Crippen LogP) is 8.45. The van der Waals surface area contributed by atoms with Crippen LogP contribution in [-0.4, -0.2) is 41.9 Å². The topological polar surface area (TPSA) is 104 Å². The van der Waals surface area contributed by atoms with Crippen LogP contribution in [0.15, 0.2) is 109 Å². The summed E-state index contributed by atoms with van der Waals surface area (Å²) < 4.78 is 32.1. The van der Waals surface area contributed by atoms with Crippen LogP contribution in [0.5, 0.6) is 0 Å². The Balaban J connectivity index is 4.27. The van der Waals surface area contributed by atoms with E-state index in [1.807, 2.05) is 25.2 Å². The Morgan fingerprint density at radius 1 is 0.651 bits per heavy atom. The Morgan fingerprint density at radius 2 is 1.07 bits per heavy atom. The summed E-state index contributed by atoms with van der Waals surface area (Å²) in [5.41, 5.74) is 0. The van der Waals surface area contributed by atoms with Crippen molar-refractivity contribution in [2.45, 2.75) is 103 Å². The smallest absolute Gasteiger partial charge is 0.267 e. The van der Waals surface area contributed by atoms with Gasteiger partial charge in [-0.1, -0.05) is 116 Å². The predicted molar refractivity (Wildman–Crippen MR) is 183 cm³/mol. The van der Waals surface area contributed by atoms with Crippen molar-refractivity contribution in [2.75, 3.05) is 5.75 Å². The minimum absolute atomic E-state index is 0.151. The Hall–Kier alpha value is -3.00. The second kappa shape index (κ2) is 29.1. The summed E-state index contributed by atoms with van der Waals surface area (Å²) in [7, 11) is -4.38. The molecule has 0 radical (unpaired) electrons. The second-order valence-electron chi connectivity index (χ2n) is 9.99. The molecule has 0 heterocycles. The maximum Gasteiger partial charge on any atom is 0.267 e. The number of carbonyl (C=O) groups is 1. The zero-order valence-electron chi connectivity index (χ0n) is 26.3. The average Bonchev–Trinajstić information content (AvgIpc) is 2.96. The summed E-state index contributed by atoms with van der Waals surface area (Å²) in [6, 6.07) is -1.12. The van der Waals surface area contributed by atoms with Gasteiger partial charge >= 0.3 is 0 Å². The van der Waals surface area contributed by atoms with Crippen LogP contribution < -0.4 is 5.32 Å². The van der Waals surface area contributed by atoms with Gasteiger partial charge in [-0.05, 0) is 77.6 Å². The van der Waals surface area contributed by atoms with Gasteiger partial charge in [0.25, 0.3) is 10.1 Å². The number of rotatable bonds is 25. The van der Waals surface area contributed by atoms with Gasteiger partial charge in [0.05, 0.1) is 17.9 Å². The third-order valence-corrected chi connectivity index (χ3v) is 6.80. The molecular weight excluding hydrogens is 558 g/mol. The van der Waals surface area contributed by atoms with Crippen LogP contribution in [0.3, 0.4) is 0 Å². The Kier molecular flexibility index (Phi) is 27.1. The van der Waals surface area contributed by atoms with Crippen LogP contribution in [0.2, 0.25) is 0 Å². The molecule has 2 unspecified atom stereocenters. The minimum atomic E-state index is -4.38. The molecule has 0 aromatic heterocycles. The lowest BCUT2D eigenvalue weighted by Gasteiger charge is -2.20. The molecule has 3 N–H and O–H groups in total. The van der Waals surface area contributed by atoms with Gasteiger partial charge in [0, 0.05) is 6.42 Å². The molecule has 6 nitrogen and oxygen atoms in total. The van der Waals surface area contributed by atoms with Crippen molar-refractivity contribution in [3.05, 3.63) is 109 Å². The number of aliphatic hydroxyl groups excluding tert-OH is 1. The van der Waals surface area contributed by atoms with E-state index in [2.05, 4.69) is 91.2 Å². The van der Waals surface area contributed by atoms with Crippen LogP contribution in [-0.2, 0) is 14.9 Å². The van der Waals surface area contributed by atoms with E-state index < -0.39 is 28.0 Å². The van der Waals surface area contributed by atoms with Crippen LogP contribution in [0.4, 0.5) is 0 Å². The van der Waals surface area contributed by atoms with E-state index >= 15 is 0 Å². The summed E-state index contributed by atoms with van der Waals surface area (Å²) in [6.07, 6.45) is 45.3. The maximum atomic E-state index is 12.3. The normalized spacial score (nSPS) is 15.0. The quantitative estimate of drug-likeness (QED) is 0.0545. The Bertz CT molecular complexity index is 1070. The van der Waals surface area contributed by atoms with Crippen molar-refractivity contribution in [3.8, 4) is 0 Å². The fourth-order valence-corrected chi connectivity index (χ4v) is 4.48. The first kappa shape index (κ1) is 40.0. The SMILES string of the molecule is C/C=C/CC/C=C/CC/C=C/C(O)C(CS(=O)(=O)O)NC(=O)CC/C=C\C/C=C\C/C=C\C/C=C\C/C=C\C/C=C\CC. The van der Waals surface area contributed by atoms with Crippen LogP contribution in [0.1, 0.15) is 90.9 Å². The summed E-state index contributed by atoms with van der Waals surface area (Å²) >= 11 is 0. The first-order valence-electron chi connectivity index (χ1n) is 15.6. The highest BCUT2D eigenvalue weighted by atomic mass is 32.2. The lowest BCUT2D eigenvalue weighted by molar-refractivity contribution is -0.122. The summed E-state index contributed by atoms with van der Waals surface area (Å²) in [5, 5.41) is 13.0. The number of nitrogens with one attached hydrogen (secondary N) is 1. The molecule has 7 heteroatoms. The molecule has 0 saturated carbocycles. The molecule has 0 aromatic rings. The summed E-state index contributed by atoms with van der Waals surface area (Å²) in [6.45, 7) is 4.13. The number of allylic oxidation sites excluding steroid dienone is 17. The standard InChI is InChI=1S/C36H55NO5S/c1-3-5-7-9-11-13-14-15-16-17-18-19-20-21-22-24-26-28-30-32-36(39)37-34(33-43(40,41)42)35(38)31-29-27-25-23-12-10-8-6-4-2/h4-7,11-13,15-16,18-19,21-23,26,28-29,31,34-35,38H,3,8-10,14,17,20,24-25,27,30,32-33H2,1-2H3,(H,37,39)(H,40,41,42)/b6-4+,7-5-,13-11-,16-15-,19-18-,22-21-,23-12+,28-26-,31-29+. The van der Waals surface area contributed by atoms with Gasteiger partial charge in [-0.2, -0.15) is 8.42 Å². The molecule has 0 aliphatic carbocycles. The third-order valence-electron chi connectivity index (χ3n) is 6.02. The van der Waals surface area contributed by atoms with Crippen LogP contribution in [0, 0.1) is 0 Å². The van der Waals surface area contributed by atoms with E-state index in [0.29, 0.717) is 12.8 Å². The maximum absolute atomic E-state index is 12.3. The summed E-state index contributed by atoms with van der Waals surface area (Å²) in [4.78, 5) is 12.3. The van der Waals surface area contributed by atoms with Gasteiger partial charge < -0.3 is 10.4 Å². The van der Waals surface area contributed by atoms with E-state index in [4.69, 9.17) is 0 Å². The van der Waals surface area contributed by atoms with Crippen LogP contribution in [0.25, 0.3) is 0 Å². The number of unbranched alkanes of at least 4 members (excludes halogenated alkanes) is 2. The monoisotopic (exact) mass is 613 g/mol. The lowest BCUT2D eigenvalue weighted by atomic mass is 10.1.